The number of aryl methyl sites for hydroxylation is 1. The summed E-state index contributed by atoms with van der Waals surface area (Å²) < 4.78 is 5.45. The first kappa shape index (κ1) is 11.6. The molecule has 5 heteroatoms. The summed E-state index contributed by atoms with van der Waals surface area (Å²) in [5, 5.41) is 8.84. The maximum atomic E-state index is 8.84. The van der Waals surface area contributed by atoms with Gasteiger partial charge in [-0.25, -0.2) is 4.98 Å². The van der Waals surface area contributed by atoms with E-state index < -0.39 is 0 Å². The Labute approximate surface area is 95.7 Å². The third-order valence-corrected chi connectivity index (χ3v) is 2.91. The second-order valence-electron chi connectivity index (χ2n) is 4.21. The SMILES string of the molecule is Cc1cnc(CN2CCN(CCO)CC2)o1. The molecule has 1 aliphatic heterocycles. The summed E-state index contributed by atoms with van der Waals surface area (Å²) in [6.07, 6.45) is 1.76. The van der Waals surface area contributed by atoms with Crippen molar-refractivity contribution in [1.29, 1.82) is 0 Å². The molecule has 1 aromatic heterocycles. The predicted octanol–water partition coefficient (Wildman–Crippen LogP) is 0.0929. The molecular formula is C11H19N3O2. The van der Waals surface area contributed by atoms with Gasteiger partial charge in [0.15, 0.2) is 0 Å². The number of hydrogen-bond acceptors (Lipinski definition) is 5. The van der Waals surface area contributed by atoms with Gasteiger partial charge in [-0.1, -0.05) is 0 Å². The van der Waals surface area contributed by atoms with Gasteiger partial charge in [0, 0.05) is 32.7 Å². The molecule has 90 valence electrons. The molecule has 0 bridgehead atoms. The van der Waals surface area contributed by atoms with Crippen LogP contribution in [-0.2, 0) is 6.54 Å². The van der Waals surface area contributed by atoms with Crippen molar-refractivity contribution in [2.75, 3.05) is 39.3 Å². The molecule has 16 heavy (non-hydrogen) atoms. The fourth-order valence-electron chi connectivity index (χ4n) is 1.98. The monoisotopic (exact) mass is 225 g/mol. The second kappa shape index (κ2) is 5.43. The van der Waals surface area contributed by atoms with E-state index in [4.69, 9.17) is 9.52 Å². The van der Waals surface area contributed by atoms with E-state index in [-0.39, 0.29) is 6.61 Å². The van der Waals surface area contributed by atoms with Crippen molar-refractivity contribution in [1.82, 2.24) is 14.8 Å². The third kappa shape index (κ3) is 3.04. The standard InChI is InChI=1S/C11H19N3O2/c1-10-8-12-11(16-10)9-14-4-2-13(3-5-14)6-7-15/h8,15H,2-7,9H2,1H3. The highest BCUT2D eigenvalue weighted by molar-refractivity contribution is 4.91. The van der Waals surface area contributed by atoms with E-state index in [1.807, 2.05) is 6.92 Å². The van der Waals surface area contributed by atoms with Crippen LogP contribution < -0.4 is 0 Å². The molecule has 0 amide bonds. The number of nitrogens with zero attached hydrogens (tertiary/aromatic N) is 3. The quantitative estimate of drug-likeness (QED) is 0.787. The Morgan fingerprint density at radius 1 is 1.31 bits per heavy atom. The lowest BCUT2D eigenvalue weighted by Gasteiger charge is -2.33. The number of aliphatic hydroxyl groups excluding tert-OH is 1. The normalized spacial score (nSPS) is 19.1. The second-order valence-corrected chi connectivity index (χ2v) is 4.21. The van der Waals surface area contributed by atoms with Crippen LogP contribution in [0, 0.1) is 6.92 Å². The molecule has 5 nitrogen and oxygen atoms in total. The highest BCUT2D eigenvalue weighted by Crippen LogP contribution is 2.08. The molecule has 0 aromatic carbocycles. The lowest BCUT2D eigenvalue weighted by Crippen LogP contribution is -2.46. The Morgan fingerprint density at radius 3 is 2.56 bits per heavy atom. The Balaban J connectivity index is 1.77. The van der Waals surface area contributed by atoms with Gasteiger partial charge in [-0.2, -0.15) is 0 Å². The molecule has 0 spiro atoms. The number of oxazole rings is 1. The number of rotatable bonds is 4. The zero-order valence-electron chi connectivity index (χ0n) is 9.72. The number of β-amino-alcohol motifs (C(OH)–C–C–N with tert-alkyl or cyclic N) is 1. The van der Waals surface area contributed by atoms with Crippen molar-refractivity contribution in [2.24, 2.45) is 0 Å². The van der Waals surface area contributed by atoms with E-state index in [1.54, 1.807) is 6.20 Å². The summed E-state index contributed by atoms with van der Waals surface area (Å²) in [5.41, 5.74) is 0. The van der Waals surface area contributed by atoms with Crippen molar-refractivity contribution in [2.45, 2.75) is 13.5 Å². The lowest BCUT2D eigenvalue weighted by molar-refractivity contribution is 0.102. The fourth-order valence-corrected chi connectivity index (χ4v) is 1.98. The van der Waals surface area contributed by atoms with Gasteiger partial charge in [0.05, 0.1) is 19.3 Å². The smallest absolute Gasteiger partial charge is 0.208 e. The van der Waals surface area contributed by atoms with E-state index in [1.165, 1.54) is 0 Å². The first-order chi connectivity index (χ1) is 7.78. The van der Waals surface area contributed by atoms with E-state index >= 15 is 0 Å². The average molecular weight is 225 g/mol. The largest absolute Gasteiger partial charge is 0.445 e. The Kier molecular flexibility index (Phi) is 3.93. The predicted molar refractivity (Wildman–Crippen MR) is 60.0 cm³/mol. The number of hydrogen-bond donors (Lipinski definition) is 1. The van der Waals surface area contributed by atoms with Crippen molar-refractivity contribution in [3.05, 3.63) is 17.8 Å². The Hall–Kier alpha value is -0.910. The molecule has 0 atom stereocenters. The minimum Gasteiger partial charge on any atom is -0.445 e. The molecule has 1 fully saturated rings. The summed E-state index contributed by atoms with van der Waals surface area (Å²) in [6, 6.07) is 0. The molecule has 0 radical (unpaired) electrons. The van der Waals surface area contributed by atoms with Crippen LogP contribution in [0.25, 0.3) is 0 Å². The molecule has 0 aliphatic carbocycles. The van der Waals surface area contributed by atoms with Crippen LogP contribution in [0.1, 0.15) is 11.7 Å². The zero-order valence-corrected chi connectivity index (χ0v) is 9.72. The number of piperazine rings is 1. The maximum Gasteiger partial charge on any atom is 0.208 e. The molecule has 2 rings (SSSR count). The van der Waals surface area contributed by atoms with Crippen LogP contribution in [0.3, 0.4) is 0 Å². The Morgan fingerprint density at radius 2 is 2.00 bits per heavy atom. The Bertz CT molecular complexity index is 319. The van der Waals surface area contributed by atoms with Crippen LogP contribution in [0.15, 0.2) is 10.6 Å². The molecule has 1 aliphatic rings. The summed E-state index contributed by atoms with van der Waals surface area (Å²) in [5.74, 6) is 1.67. The molecule has 1 saturated heterocycles. The molecular weight excluding hydrogens is 206 g/mol. The topological polar surface area (TPSA) is 52.7 Å². The molecule has 0 saturated carbocycles. The molecule has 2 heterocycles. The van der Waals surface area contributed by atoms with Crippen LogP contribution in [0.2, 0.25) is 0 Å². The van der Waals surface area contributed by atoms with Gasteiger partial charge in [0.25, 0.3) is 0 Å². The van der Waals surface area contributed by atoms with Crippen molar-refractivity contribution in [3.8, 4) is 0 Å². The first-order valence-electron chi connectivity index (χ1n) is 5.75. The summed E-state index contributed by atoms with van der Waals surface area (Å²) in [4.78, 5) is 8.81. The molecule has 0 unspecified atom stereocenters. The number of aromatic nitrogens is 1. The van der Waals surface area contributed by atoms with Crippen molar-refractivity contribution < 1.29 is 9.52 Å². The van der Waals surface area contributed by atoms with E-state index in [0.717, 1.165) is 50.9 Å². The van der Waals surface area contributed by atoms with E-state index in [2.05, 4.69) is 14.8 Å². The van der Waals surface area contributed by atoms with E-state index in [9.17, 15) is 0 Å². The van der Waals surface area contributed by atoms with Crippen LogP contribution >= 0.6 is 0 Å². The van der Waals surface area contributed by atoms with Gasteiger partial charge in [-0.15, -0.1) is 0 Å². The van der Waals surface area contributed by atoms with Gasteiger partial charge in [0.2, 0.25) is 5.89 Å². The van der Waals surface area contributed by atoms with Crippen molar-refractivity contribution in [3.63, 3.8) is 0 Å². The molecule has 1 aromatic rings. The van der Waals surface area contributed by atoms with Crippen molar-refractivity contribution >= 4 is 0 Å². The number of aliphatic hydroxyl groups is 1. The average Bonchev–Trinajstić information content (AvgIpc) is 2.67. The van der Waals surface area contributed by atoms with Gasteiger partial charge >= 0.3 is 0 Å². The minimum atomic E-state index is 0.249. The highest BCUT2D eigenvalue weighted by atomic mass is 16.4. The maximum absolute atomic E-state index is 8.84. The van der Waals surface area contributed by atoms with Gasteiger partial charge in [-0.05, 0) is 6.92 Å². The summed E-state index contributed by atoms with van der Waals surface area (Å²) in [7, 11) is 0. The fraction of sp³-hybridized carbons (Fsp3) is 0.727. The lowest BCUT2D eigenvalue weighted by atomic mass is 10.3. The summed E-state index contributed by atoms with van der Waals surface area (Å²) in [6.45, 7) is 7.80. The highest BCUT2D eigenvalue weighted by Gasteiger charge is 2.17. The van der Waals surface area contributed by atoms with Crippen LogP contribution in [0.5, 0.6) is 0 Å². The summed E-state index contributed by atoms with van der Waals surface area (Å²) >= 11 is 0. The first-order valence-corrected chi connectivity index (χ1v) is 5.75. The van der Waals surface area contributed by atoms with Gasteiger partial charge in [-0.3, -0.25) is 9.80 Å². The minimum absolute atomic E-state index is 0.249. The van der Waals surface area contributed by atoms with Gasteiger partial charge < -0.3 is 9.52 Å². The zero-order chi connectivity index (χ0) is 11.4. The van der Waals surface area contributed by atoms with Crippen LogP contribution in [-0.4, -0.2) is 59.2 Å². The van der Waals surface area contributed by atoms with Crippen LogP contribution in [0.4, 0.5) is 0 Å². The third-order valence-electron chi connectivity index (χ3n) is 2.91. The van der Waals surface area contributed by atoms with E-state index in [0.29, 0.717) is 0 Å². The molecule has 1 N–H and O–H groups in total. The van der Waals surface area contributed by atoms with Gasteiger partial charge in [0.1, 0.15) is 5.76 Å².